The van der Waals surface area contributed by atoms with Crippen LogP contribution in [-0.4, -0.2) is 77.0 Å². The molecule has 0 bridgehead atoms. The molecule has 0 saturated heterocycles. The molecule has 0 unspecified atom stereocenters. The minimum atomic E-state index is 0. The Morgan fingerprint density at radius 1 is 0.714 bits per heavy atom. The summed E-state index contributed by atoms with van der Waals surface area (Å²) in [7, 11) is 0. The summed E-state index contributed by atoms with van der Waals surface area (Å²) in [6, 6.07) is 0. The van der Waals surface area contributed by atoms with E-state index >= 15 is 0 Å². The third kappa shape index (κ3) is 61.1. The molecule has 0 spiro atoms. The van der Waals surface area contributed by atoms with Crippen molar-refractivity contribution in [3.05, 3.63) is 0 Å². The monoisotopic (exact) mass is 192 g/mol. The molecule has 0 aromatic carbocycles. The van der Waals surface area contributed by atoms with Crippen molar-refractivity contribution in [1.29, 1.82) is 0 Å². The number of hydrogen-bond acceptors (Lipinski definition) is 0. The van der Waals surface area contributed by atoms with Gasteiger partial charge in [-0.2, -0.15) is 0 Å². The van der Waals surface area contributed by atoms with Crippen LogP contribution in [-0.2, 0) is 21.7 Å². The van der Waals surface area contributed by atoms with Crippen LogP contribution in [0.3, 0.4) is 0 Å². The van der Waals surface area contributed by atoms with Gasteiger partial charge in [-0.3, -0.25) is 0 Å². The van der Waals surface area contributed by atoms with E-state index in [2.05, 4.69) is 0 Å². The van der Waals surface area contributed by atoms with E-state index in [0.717, 1.165) is 0 Å². The van der Waals surface area contributed by atoms with E-state index in [9.17, 15) is 0 Å². The predicted molar refractivity (Wildman–Crippen MR) is 32.4 cm³/mol. The molecular weight excluding hydrogens is 179 g/mol. The second-order valence-corrected chi connectivity index (χ2v) is 0. The molecular formula is H13AlCaO4Ti. The summed E-state index contributed by atoms with van der Waals surface area (Å²) in [6.07, 6.45) is 0. The second-order valence-electron chi connectivity index (χ2n) is 0. The summed E-state index contributed by atoms with van der Waals surface area (Å²) >= 11 is 0. The zero-order chi connectivity index (χ0) is 0. The summed E-state index contributed by atoms with van der Waals surface area (Å²) in [6.45, 7) is 0. The van der Waals surface area contributed by atoms with Gasteiger partial charge in [-0.25, -0.2) is 0 Å². The molecule has 7 heteroatoms. The molecule has 0 radical (unpaired) electrons. The van der Waals surface area contributed by atoms with Gasteiger partial charge in [0.25, 0.3) is 0 Å². The topological polar surface area (TPSA) is 126 Å². The van der Waals surface area contributed by atoms with Crippen molar-refractivity contribution in [2.45, 2.75) is 0 Å². The van der Waals surface area contributed by atoms with Crippen molar-refractivity contribution in [3.8, 4) is 0 Å². The number of hydrogen-bond donors (Lipinski definition) is 0. The van der Waals surface area contributed by atoms with Crippen molar-refractivity contribution in [2.24, 2.45) is 0 Å². The second kappa shape index (κ2) is 81.8. The molecule has 0 aromatic heterocycles. The van der Waals surface area contributed by atoms with Crippen LogP contribution in [0.1, 0.15) is 2.85 Å². The van der Waals surface area contributed by atoms with Crippen LogP contribution in [0.25, 0.3) is 0 Å². The Morgan fingerprint density at radius 2 is 0.714 bits per heavy atom. The van der Waals surface area contributed by atoms with Gasteiger partial charge in [0.2, 0.25) is 0 Å². The predicted octanol–water partition coefficient (Wildman–Crippen LogP) is -4.64. The van der Waals surface area contributed by atoms with Crippen LogP contribution in [0.4, 0.5) is 0 Å². The van der Waals surface area contributed by atoms with Crippen LogP contribution < -0.4 is 0 Å². The van der Waals surface area contributed by atoms with E-state index in [-0.39, 0.29) is 102 Å². The molecule has 0 heterocycles. The molecule has 0 aliphatic heterocycles. The van der Waals surface area contributed by atoms with Crippen LogP contribution in [0.2, 0.25) is 0 Å². The first-order chi connectivity index (χ1) is 0. The van der Waals surface area contributed by atoms with Crippen molar-refractivity contribution in [1.82, 2.24) is 0 Å². The van der Waals surface area contributed by atoms with Gasteiger partial charge < -0.3 is 24.8 Å². The molecule has 0 amide bonds. The van der Waals surface area contributed by atoms with Gasteiger partial charge in [-0.15, -0.1) is 0 Å². The van der Waals surface area contributed by atoms with Gasteiger partial charge in [0.1, 0.15) is 0 Å². The van der Waals surface area contributed by atoms with Crippen molar-refractivity contribution in [2.75, 3.05) is 0 Å². The van der Waals surface area contributed by atoms with Gasteiger partial charge >= 0.3 is 37.7 Å². The minimum Gasteiger partial charge on any atom is -1.00 e. The van der Waals surface area contributed by atoms with Crippen LogP contribution in [0.15, 0.2) is 0 Å². The fourth-order valence-electron chi connectivity index (χ4n) is 0. The van der Waals surface area contributed by atoms with Crippen LogP contribution in [0.5, 0.6) is 0 Å². The summed E-state index contributed by atoms with van der Waals surface area (Å²) in [5, 5.41) is 0. The van der Waals surface area contributed by atoms with Gasteiger partial charge in [0.15, 0.2) is 17.4 Å². The van der Waals surface area contributed by atoms with Crippen molar-refractivity contribution in [3.63, 3.8) is 0 Å². The van der Waals surface area contributed by atoms with Crippen molar-refractivity contribution >= 4 is 55.1 Å². The summed E-state index contributed by atoms with van der Waals surface area (Å²) in [5.74, 6) is 0. The summed E-state index contributed by atoms with van der Waals surface area (Å²) in [4.78, 5) is 0. The number of rotatable bonds is 0. The smallest absolute Gasteiger partial charge is 1.00 e. The summed E-state index contributed by atoms with van der Waals surface area (Å²) < 4.78 is 0. The molecule has 0 rings (SSSR count). The zero-order valence-electron chi connectivity index (χ0n) is 5.21. The first-order valence-corrected chi connectivity index (χ1v) is 0. The Kier molecular flexibility index (Phi) is 1380. The van der Waals surface area contributed by atoms with E-state index in [1.54, 1.807) is 0 Å². The molecule has 0 aliphatic carbocycles. The largest absolute Gasteiger partial charge is 2.00 e. The Bertz CT molecular complexity index is 18.5. The van der Waals surface area contributed by atoms with E-state index in [0.29, 0.717) is 0 Å². The normalized spacial score (nSPS) is 0. The molecule has 0 atom stereocenters. The van der Waals surface area contributed by atoms with Gasteiger partial charge in [0.05, 0.1) is 0 Å². The van der Waals surface area contributed by atoms with E-state index in [1.165, 1.54) is 0 Å². The maximum atomic E-state index is 0. The standard InChI is InChI=1S/Al.Ca.4H2O.Ti.5H/h;;4*1H2;;;;;;/q;+2;;;;;;;;;2*-1. The summed E-state index contributed by atoms with van der Waals surface area (Å²) in [5.41, 5.74) is 0. The Morgan fingerprint density at radius 3 is 0.714 bits per heavy atom. The first-order valence-electron chi connectivity index (χ1n) is 0. The van der Waals surface area contributed by atoms with E-state index in [1.807, 2.05) is 0 Å². The average Bonchev–Trinajstić information content (AvgIpc) is 0. The molecule has 0 aliphatic rings. The SMILES string of the molecule is O.O.O.O.[AlH3].[Ca+2].[H-].[H-].[Ti]. The van der Waals surface area contributed by atoms with Gasteiger partial charge in [-0.1, -0.05) is 0 Å². The molecule has 46 valence electrons. The molecule has 0 aromatic rings. The fraction of sp³-hybridized carbons (Fsp3) is 0. The van der Waals surface area contributed by atoms with Crippen molar-refractivity contribution < 1.29 is 46.5 Å². The molecule has 8 N–H and O–H groups in total. The maximum Gasteiger partial charge on any atom is 2.00 e. The molecule has 4 nitrogen and oxygen atoms in total. The zero-order valence-corrected chi connectivity index (χ0v) is 6.98. The minimum absolute atomic E-state index is 0. The molecule has 7 heavy (non-hydrogen) atoms. The van der Waals surface area contributed by atoms with Gasteiger partial charge in [0, 0.05) is 21.7 Å². The maximum absolute atomic E-state index is 0. The van der Waals surface area contributed by atoms with E-state index in [4.69, 9.17) is 0 Å². The Balaban J connectivity index is 0. The average molecular weight is 192 g/mol. The molecule has 0 saturated carbocycles. The third-order valence-electron chi connectivity index (χ3n) is 0. The quantitative estimate of drug-likeness (QED) is 0.342. The van der Waals surface area contributed by atoms with E-state index < -0.39 is 0 Å². The first kappa shape index (κ1) is 118. The molecule has 0 fully saturated rings. The van der Waals surface area contributed by atoms with Gasteiger partial charge in [-0.05, 0) is 0 Å². The third-order valence-corrected chi connectivity index (χ3v) is 0. The Labute approximate surface area is 100 Å². The van der Waals surface area contributed by atoms with Crippen LogP contribution in [0, 0.1) is 0 Å². The van der Waals surface area contributed by atoms with Crippen LogP contribution >= 0.6 is 0 Å². The fourth-order valence-corrected chi connectivity index (χ4v) is 0. The Hall–Kier alpha value is 2.35.